The Morgan fingerprint density at radius 1 is 1.35 bits per heavy atom. The van der Waals surface area contributed by atoms with Gasteiger partial charge >= 0.3 is 0 Å². The van der Waals surface area contributed by atoms with Gasteiger partial charge in [0.2, 0.25) is 0 Å². The number of thioether (sulfide) groups is 1. The average Bonchev–Trinajstić information content (AvgIpc) is 3.43. The Labute approximate surface area is 213 Å². The molecule has 2 fully saturated rings. The Kier molecular flexibility index (Phi) is 8.11. The molecule has 0 spiro atoms. The molecule has 9 heteroatoms. The lowest BCUT2D eigenvalue weighted by Crippen LogP contribution is -2.35. The van der Waals surface area contributed by atoms with Gasteiger partial charge in [-0.2, -0.15) is 5.26 Å². The highest BCUT2D eigenvalue weighted by atomic mass is 35.5. The third kappa shape index (κ3) is 5.56. The van der Waals surface area contributed by atoms with Crippen molar-refractivity contribution in [2.45, 2.75) is 32.5 Å². The molecule has 2 aromatic rings. The molecule has 1 atom stereocenters. The van der Waals surface area contributed by atoms with Gasteiger partial charge in [0.15, 0.2) is 11.5 Å². The molecule has 0 unspecified atom stereocenters. The third-order valence-electron chi connectivity index (χ3n) is 5.42. The first-order chi connectivity index (χ1) is 16.5. The number of carbonyl (C=O) groups excluding carboxylic acids is 1. The monoisotopic (exact) mass is 514 g/mol. The second kappa shape index (κ2) is 11.2. The van der Waals surface area contributed by atoms with Crippen molar-refractivity contribution in [2.75, 3.05) is 19.8 Å². The van der Waals surface area contributed by atoms with Crippen LogP contribution < -0.4 is 9.47 Å². The largest absolute Gasteiger partial charge is 0.490 e. The van der Waals surface area contributed by atoms with Gasteiger partial charge in [0.05, 0.1) is 40.8 Å². The van der Waals surface area contributed by atoms with Gasteiger partial charge in [0.25, 0.3) is 5.91 Å². The van der Waals surface area contributed by atoms with Gasteiger partial charge < -0.3 is 14.2 Å². The maximum Gasteiger partial charge on any atom is 0.266 e. The first kappa shape index (κ1) is 24.6. The Bertz CT molecular complexity index is 1170. The van der Waals surface area contributed by atoms with Crippen LogP contribution in [0.2, 0.25) is 5.02 Å². The molecular weight excluding hydrogens is 492 g/mol. The average molecular weight is 515 g/mol. The van der Waals surface area contributed by atoms with E-state index in [-0.39, 0.29) is 18.6 Å². The molecule has 6 nitrogen and oxygen atoms in total. The lowest BCUT2D eigenvalue weighted by Gasteiger charge is -2.18. The fraction of sp³-hybridized carbons (Fsp3) is 0.320. The highest BCUT2D eigenvalue weighted by molar-refractivity contribution is 8.26. The molecule has 34 heavy (non-hydrogen) atoms. The number of halogens is 1. The van der Waals surface area contributed by atoms with Gasteiger partial charge in [-0.1, -0.05) is 53.8 Å². The molecule has 1 amide bonds. The van der Waals surface area contributed by atoms with Crippen LogP contribution in [-0.2, 0) is 16.1 Å². The van der Waals surface area contributed by atoms with Crippen LogP contribution in [0.25, 0.3) is 6.08 Å². The lowest BCUT2D eigenvalue weighted by molar-refractivity contribution is -0.123. The van der Waals surface area contributed by atoms with E-state index in [4.69, 9.17) is 38.0 Å². The lowest BCUT2D eigenvalue weighted by atomic mass is 10.1. The fourth-order valence-corrected chi connectivity index (χ4v) is 5.33. The van der Waals surface area contributed by atoms with Crippen molar-refractivity contribution in [3.8, 4) is 17.6 Å². The summed E-state index contributed by atoms with van der Waals surface area (Å²) in [4.78, 5) is 15.1. The fourth-order valence-electron chi connectivity index (χ4n) is 3.78. The zero-order valence-electron chi connectivity index (χ0n) is 18.6. The second-order valence-corrected chi connectivity index (χ2v) is 9.83. The van der Waals surface area contributed by atoms with Crippen molar-refractivity contribution in [3.05, 3.63) is 63.0 Å². The van der Waals surface area contributed by atoms with Crippen LogP contribution in [0.1, 0.15) is 36.5 Å². The Balaban J connectivity index is 1.55. The molecule has 2 aliphatic rings. The Morgan fingerprint density at radius 3 is 2.91 bits per heavy atom. The summed E-state index contributed by atoms with van der Waals surface area (Å²) in [6.45, 7) is 3.65. The summed E-state index contributed by atoms with van der Waals surface area (Å²) >= 11 is 13.3. The summed E-state index contributed by atoms with van der Waals surface area (Å²) in [5, 5.41) is 9.66. The Hall–Kier alpha value is -2.57. The molecule has 2 aliphatic heterocycles. The van der Waals surface area contributed by atoms with Crippen LogP contribution in [0, 0.1) is 11.3 Å². The topological polar surface area (TPSA) is 71.8 Å². The number of nitrogens with zero attached hydrogens (tertiary/aromatic N) is 2. The standard InChI is InChI=1S/C25H23ClN2O4S2/c1-2-30-21-11-16(10-20(26)23(21)32-15-18-7-4-3-6-17(18)13-27)12-22-24(29)28(25(33)34-22)14-19-8-5-9-31-19/h3-4,6-7,10-12,19H,2,5,8-9,14-15H2,1H3/b22-12-/t19-/m1/s1. The number of nitriles is 1. The van der Waals surface area contributed by atoms with E-state index in [1.165, 1.54) is 11.8 Å². The molecule has 176 valence electrons. The van der Waals surface area contributed by atoms with Crippen LogP contribution in [0.3, 0.4) is 0 Å². The highest BCUT2D eigenvalue weighted by Crippen LogP contribution is 2.40. The minimum absolute atomic E-state index is 0.0310. The van der Waals surface area contributed by atoms with Gasteiger partial charge in [-0.15, -0.1) is 0 Å². The van der Waals surface area contributed by atoms with Gasteiger partial charge in [0.1, 0.15) is 10.9 Å². The summed E-state index contributed by atoms with van der Waals surface area (Å²) < 4.78 is 17.9. The summed E-state index contributed by atoms with van der Waals surface area (Å²) in [7, 11) is 0. The van der Waals surface area contributed by atoms with Gasteiger partial charge in [0, 0.05) is 12.2 Å². The van der Waals surface area contributed by atoms with E-state index < -0.39 is 0 Å². The van der Waals surface area contributed by atoms with Crippen LogP contribution in [-0.4, -0.2) is 41.0 Å². The smallest absolute Gasteiger partial charge is 0.266 e. The number of ether oxygens (including phenoxy) is 3. The van der Waals surface area contributed by atoms with Crippen LogP contribution in [0.4, 0.5) is 0 Å². The zero-order chi connectivity index (χ0) is 24.1. The number of thiocarbonyl (C=S) groups is 1. The molecule has 2 aromatic carbocycles. The summed E-state index contributed by atoms with van der Waals surface area (Å²) in [6.07, 6.45) is 3.73. The second-order valence-electron chi connectivity index (χ2n) is 7.75. The van der Waals surface area contributed by atoms with E-state index in [0.717, 1.165) is 25.0 Å². The van der Waals surface area contributed by atoms with Crippen molar-refractivity contribution < 1.29 is 19.0 Å². The molecule has 0 aromatic heterocycles. The van der Waals surface area contributed by atoms with Crippen LogP contribution in [0.5, 0.6) is 11.5 Å². The predicted molar refractivity (Wildman–Crippen MR) is 137 cm³/mol. The minimum atomic E-state index is -0.131. The number of carbonyl (C=O) groups is 1. The van der Waals surface area contributed by atoms with Crippen molar-refractivity contribution >= 4 is 51.9 Å². The SMILES string of the molecule is CCOc1cc(/C=C2\SC(=S)N(C[C@H]3CCCO3)C2=O)cc(Cl)c1OCc1ccccc1C#N. The number of amides is 1. The number of hydrogen-bond acceptors (Lipinski definition) is 7. The molecule has 0 bridgehead atoms. The summed E-state index contributed by atoms with van der Waals surface area (Å²) in [5.74, 6) is 0.720. The van der Waals surface area contributed by atoms with E-state index in [2.05, 4.69) is 6.07 Å². The van der Waals surface area contributed by atoms with Crippen LogP contribution >= 0.6 is 35.6 Å². The van der Waals surface area contributed by atoms with Crippen molar-refractivity contribution in [1.29, 1.82) is 5.26 Å². The van der Waals surface area contributed by atoms with Crippen LogP contribution in [0.15, 0.2) is 41.3 Å². The van der Waals surface area contributed by atoms with Gasteiger partial charge in [-0.25, -0.2) is 0 Å². The molecule has 2 saturated heterocycles. The van der Waals surface area contributed by atoms with E-state index in [9.17, 15) is 10.1 Å². The molecule has 2 heterocycles. The maximum atomic E-state index is 13.0. The molecule has 0 saturated carbocycles. The quantitative estimate of drug-likeness (QED) is 0.337. The minimum Gasteiger partial charge on any atom is -0.490 e. The van der Waals surface area contributed by atoms with E-state index in [1.807, 2.05) is 19.1 Å². The van der Waals surface area contributed by atoms with Crippen molar-refractivity contribution in [2.24, 2.45) is 0 Å². The Morgan fingerprint density at radius 2 is 2.18 bits per heavy atom. The zero-order valence-corrected chi connectivity index (χ0v) is 21.0. The molecular formula is C25H23ClN2O4S2. The predicted octanol–water partition coefficient (Wildman–Crippen LogP) is 5.57. The normalized spacial score (nSPS) is 19.0. The number of benzene rings is 2. The molecule has 0 N–H and O–H groups in total. The van der Waals surface area contributed by atoms with E-state index in [1.54, 1.807) is 35.2 Å². The van der Waals surface area contributed by atoms with Gasteiger partial charge in [-0.05, 0) is 49.6 Å². The van der Waals surface area contributed by atoms with Crippen molar-refractivity contribution in [3.63, 3.8) is 0 Å². The summed E-state index contributed by atoms with van der Waals surface area (Å²) in [6, 6.07) is 12.9. The highest BCUT2D eigenvalue weighted by Gasteiger charge is 2.34. The first-order valence-corrected chi connectivity index (χ1v) is 12.5. The molecule has 4 rings (SSSR count). The molecule has 0 radical (unpaired) electrons. The molecule has 0 aliphatic carbocycles. The number of rotatable bonds is 8. The maximum absolute atomic E-state index is 13.0. The first-order valence-electron chi connectivity index (χ1n) is 10.9. The number of hydrogen-bond donors (Lipinski definition) is 0. The van der Waals surface area contributed by atoms with E-state index in [0.29, 0.717) is 50.0 Å². The summed E-state index contributed by atoms with van der Waals surface area (Å²) in [5.41, 5.74) is 2.00. The van der Waals surface area contributed by atoms with Gasteiger partial charge in [-0.3, -0.25) is 9.69 Å². The van der Waals surface area contributed by atoms with E-state index >= 15 is 0 Å². The van der Waals surface area contributed by atoms with Crippen molar-refractivity contribution in [1.82, 2.24) is 4.90 Å². The third-order valence-corrected chi connectivity index (χ3v) is 7.08.